The number of hydrogen-bond acceptors (Lipinski definition) is 3. The van der Waals surface area contributed by atoms with Crippen LogP contribution in [0.2, 0.25) is 0 Å². The summed E-state index contributed by atoms with van der Waals surface area (Å²) in [6.45, 7) is 6.69. The van der Waals surface area contributed by atoms with E-state index in [1.807, 2.05) is 19.1 Å². The minimum atomic E-state index is -3.39. The zero-order valence-corrected chi connectivity index (χ0v) is 12.1. The monoisotopic (exact) mass is 268 g/mol. The van der Waals surface area contributed by atoms with Crippen molar-refractivity contribution in [1.82, 2.24) is 0 Å². The number of benzene rings is 1. The maximum Gasteiger partial charge on any atom is 0.180 e. The molecule has 0 saturated heterocycles. The zero-order chi connectivity index (χ0) is 13.9. The molecular formula is C14H20O3S. The molecule has 100 valence electrons. The molecule has 0 fully saturated rings. The number of carbonyl (C=O) groups is 1. The lowest BCUT2D eigenvalue weighted by molar-refractivity contribution is 0.0991. The van der Waals surface area contributed by atoms with Crippen molar-refractivity contribution in [3.8, 4) is 0 Å². The normalized spacial score (nSPS) is 13.6. The van der Waals surface area contributed by atoms with Crippen LogP contribution in [-0.2, 0) is 16.3 Å². The van der Waals surface area contributed by atoms with Crippen LogP contribution in [0.3, 0.4) is 0 Å². The first-order chi connectivity index (χ1) is 8.30. The molecule has 0 aliphatic heterocycles. The maximum absolute atomic E-state index is 12.1. The second kappa shape index (κ2) is 5.65. The molecule has 0 aliphatic rings. The second-order valence-corrected chi connectivity index (χ2v) is 7.52. The van der Waals surface area contributed by atoms with Gasteiger partial charge in [-0.25, -0.2) is 8.42 Å². The number of aryl methyl sites for hydroxylation is 1. The smallest absolute Gasteiger partial charge is 0.180 e. The van der Waals surface area contributed by atoms with Crippen LogP contribution in [0.15, 0.2) is 24.3 Å². The van der Waals surface area contributed by atoms with E-state index in [2.05, 4.69) is 0 Å². The molecule has 0 saturated carbocycles. The summed E-state index contributed by atoms with van der Waals surface area (Å²) in [4.78, 5) is 12.1. The van der Waals surface area contributed by atoms with Crippen LogP contribution in [0.4, 0.5) is 0 Å². The van der Waals surface area contributed by atoms with E-state index >= 15 is 0 Å². The number of rotatable bonds is 5. The fraction of sp³-hybridized carbons (Fsp3) is 0.500. The largest absolute Gasteiger partial charge is 0.293 e. The molecule has 0 amide bonds. The maximum atomic E-state index is 12.1. The van der Waals surface area contributed by atoms with Crippen LogP contribution in [-0.4, -0.2) is 24.7 Å². The van der Waals surface area contributed by atoms with Crippen LogP contribution >= 0.6 is 0 Å². The molecule has 1 aromatic rings. The Morgan fingerprint density at radius 2 is 1.61 bits per heavy atom. The topological polar surface area (TPSA) is 51.2 Å². The molecule has 0 N–H and O–H groups in total. The van der Waals surface area contributed by atoms with Gasteiger partial charge < -0.3 is 0 Å². The molecule has 0 radical (unpaired) electrons. The van der Waals surface area contributed by atoms with Crippen LogP contribution in [0.1, 0.15) is 43.6 Å². The third-order valence-corrected chi connectivity index (χ3v) is 5.68. The van der Waals surface area contributed by atoms with Crippen molar-refractivity contribution < 1.29 is 13.2 Å². The predicted octanol–water partition coefficient (Wildman–Crippen LogP) is 2.64. The minimum absolute atomic E-state index is 0.327. The van der Waals surface area contributed by atoms with Gasteiger partial charge in [0.15, 0.2) is 15.6 Å². The Morgan fingerprint density at radius 3 is 2.00 bits per heavy atom. The number of hydrogen-bond donors (Lipinski definition) is 0. The Hall–Kier alpha value is -1.16. The number of carbonyl (C=O) groups excluding carboxylic acids is 1. The molecule has 4 heteroatoms. The lowest BCUT2D eigenvalue weighted by Gasteiger charge is -2.14. The quantitative estimate of drug-likeness (QED) is 0.771. The van der Waals surface area contributed by atoms with E-state index in [1.165, 1.54) is 6.92 Å². The van der Waals surface area contributed by atoms with Gasteiger partial charge in [0, 0.05) is 5.56 Å². The molecule has 1 atom stereocenters. The molecule has 1 rings (SSSR count). The van der Waals surface area contributed by atoms with E-state index in [-0.39, 0.29) is 5.78 Å². The van der Waals surface area contributed by atoms with Gasteiger partial charge in [0.1, 0.15) is 5.25 Å². The van der Waals surface area contributed by atoms with E-state index in [0.717, 1.165) is 12.0 Å². The van der Waals surface area contributed by atoms with Crippen molar-refractivity contribution >= 4 is 15.6 Å². The van der Waals surface area contributed by atoms with E-state index in [4.69, 9.17) is 0 Å². The number of Topliss-reactive ketones (excluding diaryl/α,β-unsaturated/α-hetero) is 1. The predicted molar refractivity (Wildman–Crippen MR) is 73.7 cm³/mol. The van der Waals surface area contributed by atoms with Gasteiger partial charge in [-0.2, -0.15) is 0 Å². The van der Waals surface area contributed by atoms with Crippen LogP contribution in [0.25, 0.3) is 0 Å². The summed E-state index contributed by atoms with van der Waals surface area (Å²) in [5, 5.41) is -1.52. The Kier molecular flexibility index (Phi) is 4.68. The molecule has 0 bridgehead atoms. The van der Waals surface area contributed by atoms with Crippen LogP contribution in [0, 0.1) is 0 Å². The highest BCUT2D eigenvalue weighted by molar-refractivity contribution is 7.93. The Labute approximate surface area is 109 Å². The van der Waals surface area contributed by atoms with E-state index in [1.54, 1.807) is 26.0 Å². The first-order valence-corrected chi connectivity index (χ1v) is 7.77. The summed E-state index contributed by atoms with van der Waals surface area (Å²) in [6.07, 6.45) is 0.897. The molecule has 18 heavy (non-hydrogen) atoms. The van der Waals surface area contributed by atoms with Crippen molar-refractivity contribution in [2.24, 2.45) is 0 Å². The lowest BCUT2D eigenvalue weighted by atomic mass is 10.1. The van der Waals surface area contributed by atoms with Crippen molar-refractivity contribution in [2.45, 2.75) is 44.6 Å². The average molecular weight is 268 g/mol. The molecule has 3 nitrogen and oxygen atoms in total. The van der Waals surface area contributed by atoms with Crippen LogP contribution < -0.4 is 0 Å². The lowest BCUT2D eigenvalue weighted by Crippen LogP contribution is -2.32. The van der Waals surface area contributed by atoms with Gasteiger partial charge in [-0.1, -0.05) is 31.2 Å². The SMILES string of the molecule is CCc1ccc(C(=O)C(C)S(=O)(=O)C(C)C)cc1. The summed E-state index contributed by atoms with van der Waals surface area (Å²) in [6, 6.07) is 7.13. The Balaban J connectivity index is 3.00. The van der Waals surface area contributed by atoms with Crippen LogP contribution in [0.5, 0.6) is 0 Å². The standard InChI is InChI=1S/C14H20O3S/c1-5-12-6-8-13(9-7-12)14(15)11(4)18(16,17)10(2)3/h6-11H,5H2,1-4H3. The van der Waals surface area contributed by atoms with Crippen molar-refractivity contribution in [3.05, 3.63) is 35.4 Å². The molecule has 1 aromatic carbocycles. The summed E-state index contributed by atoms with van der Waals surface area (Å²) < 4.78 is 23.9. The second-order valence-electron chi connectivity index (χ2n) is 4.69. The highest BCUT2D eigenvalue weighted by Crippen LogP contribution is 2.15. The molecule has 0 heterocycles. The van der Waals surface area contributed by atoms with Crippen molar-refractivity contribution in [1.29, 1.82) is 0 Å². The summed E-state index contributed by atoms with van der Waals surface area (Å²) in [5.41, 5.74) is 1.59. The highest BCUT2D eigenvalue weighted by Gasteiger charge is 2.31. The molecule has 1 unspecified atom stereocenters. The highest BCUT2D eigenvalue weighted by atomic mass is 32.2. The first-order valence-electron chi connectivity index (χ1n) is 6.16. The third kappa shape index (κ3) is 2.99. The molecule has 0 aliphatic carbocycles. The van der Waals surface area contributed by atoms with Gasteiger partial charge in [0.25, 0.3) is 0 Å². The van der Waals surface area contributed by atoms with Gasteiger partial charge in [-0.3, -0.25) is 4.79 Å². The summed E-state index contributed by atoms with van der Waals surface area (Å²) >= 11 is 0. The molecular weight excluding hydrogens is 248 g/mol. The average Bonchev–Trinajstić information content (AvgIpc) is 2.36. The fourth-order valence-electron chi connectivity index (χ4n) is 1.70. The van der Waals surface area contributed by atoms with E-state index in [0.29, 0.717) is 5.56 Å². The fourth-order valence-corrected chi connectivity index (χ4v) is 2.95. The van der Waals surface area contributed by atoms with Gasteiger partial charge >= 0.3 is 0 Å². The minimum Gasteiger partial charge on any atom is -0.293 e. The third-order valence-electron chi connectivity index (χ3n) is 3.17. The molecule has 0 aromatic heterocycles. The Morgan fingerprint density at radius 1 is 1.11 bits per heavy atom. The Bertz CT molecular complexity index is 512. The van der Waals surface area contributed by atoms with E-state index < -0.39 is 20.3 Å². The van der Waals surface area contributed by atoms with Gasteiger partial charge in [-0.15, -0.1) is 0 Å². The van der Waals surface area contributed by atoms with Gasteiger partial charge in [-0.05, 0) is 32.8 Å². The first kappa shape index (κ1) is 14.9. The summed E-state index contributed by atoms with van der Waals surface area (Å²) in [5.74, 6) is -0.327. The zero-order valence-electron chi connectivity index (χ0n) is 11.3. The van der Waals surface area contributed by atoms with Gasteiger partial charge in [0.05, 0.1) is 5.25 Å². The van der Waals surface area contributed by atoms with E-state index in [9.17, 15) is 13.2 Å². The van der Waals surface area contributed by atoms with Crippen molar-refractivity contribution in [3.63, 3.8) is 0 Å². The van der Waals surface area contributed by atoms with Crippen molar-refractivity contribution in [2.75, 3.05) is 0 Å². The summed E-state index contributed by atoms with van der Waals surface area (Å²) in [7, 11) is -3.39. The number of ketones is 1. The number of sulfone groups is 1. The van der Waals surface area contributed by atoms with Gasteiger partial charge in [0.2, 0.25) is 0 Å². The molecule has 0 spiro atoms.